The number of rotatable bonds is 3. The van der Waals surface area contributed by atoms with E-state index in [0.717, 1.165) is 10.3 Å². The lowest BCUT2D eigenvalue weighted by atomic mass is 9.86. The van der Waals surface area contributed by atoms with Crippen LogP contribution in [0, 0.1) is 10.6 Å². The molecule has 0 aliphatic carbocycles. The number of nitrogens with zero attached hydrogens (tertiary/aromatic N) is 6. The van der Waals surface area contributed by atoms with E-state index < -0.39 is 30.5 Å². The smallest absolute Gasteiger partial charge is 0.506 e. The summed E-state index contributed by atoms with van der Waals surface area (Å²) < 4.78 is 18.8. The third kappa shape index (κ3) is 11.2. The van der Waals surface area contributed by atoms with Crippen molar-refractivity contribution in [2.45, 2.75) is 59.7 Å². The number of carbonyl (C=O) groups excluding carboxylic acids is 2. The number of carbonyl (C=O) groups is 2. The predicted molar refractivity (Wildman–Crippen MR) is 217 cm³/mol. The van der Waals surface area contributed by atoms with Crippen molar-refractivity contribution in [2.75, 3.05) is 7.11 Å². The minimum absolute atomic E-state index is 0.0139. The number of hydrogen-bond acceptors (Lipinski definition) is 13. The Bertz CT molecular complexity index is 2360. The number of fused-ring (bicyclic) bond motifs is 2. The molecule has 0 atom stereocenters. The van der Waals surface area contributed by atoms with Gasteiger partial charge in [0.05, 0.1) is 40.5 Å². The quantitative estimate of drug-likeness (QED) is 0.0796. The van der Waals surface area contributed by atoms with Crippen LogP contribution in [0.3, 0.4) is 0 Å². The third-order valence-electron chi connectivity index (χ3n) is 6.96. The summed E-state index contributed by atoms with van der Waals surface area (Å²) in [6.45, 7) is 12.4. The first-order valence-electron chi connectivity index (χ1n) is 16.3. The Hall–Kier alpha value is -4.69. The molecule has 55 heavy (non-hydrogen) atoms. The van der Waals surface area contributed by atoms with Crippen LogP contribution in [0.2, 0.25) is 10.3 Å². The van der Waals surface area contributed by atoms with Crippen molar-refractivity contribution in [1.82, 2.24) is 29.1 Å². The van der Waals surface area contributed by atoms with Crippen molar-refractivity contribution in [1.29, 1.82) is 0 Å². The minimum atomic E-state index is -1.82. The second-order valence-corrected chi connectivity index (χ2v) is 15.5. The van der Waals surface area contributed by atoms with Gasteiger partial charge in [-0.1, -0.05) is 23.2 Å². The SMILES string of the molecule is COc1ccc2c(cc(B(O)O)n2C(=O)OC(C)(C)C)n1.Cc1ccc2c(cc(-c3nc(Cl)ccc3O)n2C(=O)OC(C)(C)C)n1.Oc1ccc(Cl)nc1I. The number of hydrogen-bond donors (Lipinski definition) is 4. The normalized spacial score (nSPS) is 11.3. The van der Waals surface area contributed by atoms with E-state index in [1.165, 1.54) is 35.9 Å². The fraction of sp³-hybridized carbons (Fsp3) is 0.278. The van der Waals surface area contributed by atoms with Gasteiger partial charge < -0.3 is 34.5 Å². The molecule has 0 bridgehead atoms. The monoisotopic (exact) mass is 906 g/mol. The van der Waals surface area contributed by atoms with Gasteiger partial charge >= 0.3 is 19.3 Å². The first-order valence-corrected chi connectivity index (χ1v) is 18.2. The van der Waals surface area contributed by atoms with E-state index in [1.807, 2.05) is 29.5 Å². The molecule has 0 unspecified atom stereocenters. The van der Waals surface area contributed by atoms with Crippen LogP contribution in [0.1, 0.15) is 47.2 Å². The highest BCUT2D eigenvalue weighted by atomic mass is 127. The average Bonchev–Trinajstić information content (AvgIpc) is 3.65. The van der Waals surface area contributed by atoms with Gasteiger partial charge in [0.25, 0.3) is 0 Å². The molecular weight excluding hydrogens is 869 g/mol. The Morgan fingerprint density at radius 2 is 1.25 bits per heavy atom. The number of pyridine rings is 4. The first-order chi connectivity index (χ1) is 25.6. The summed E-state index contributed by atoms with van der Waals surface area (Å²) in [7, 11) is -0.349. The maximum absolute atomic E-state index is 12.8. The molecule has 290 valence electrons. The van der Waals surface area contributed by atoms with Gasteiger partial charge in [0.2, 0.25) is 5.88 Å². The van der Waals surface area contributed by atoms with Gasteiger partial charge in [-0.15, -0.1) is 0 Å². The van der Waals surface area contributed by atoms with E-state index in [2.05, 4.69) is 19.9 Å². The molecular formula is C36H38BCl2IN6O9. The van der Waals surface area contributed by atoms with Crippen LogP contribution in [0.4, 0.5) is 9.59 Å². The number of ether oxygens (including phenoxy) is 3. The van der Waals surface area contributed by atoms with Gasteiger partial charge in [-0.3, -0.25) is 9.55 Å². The molecule has 6 aromatic heterocycles. The summed E-state index contributed by atoms with van der Waals surface area (Å²) in [6, 6.07) is 15.8. The lowest BCUT2D eigenvalue weighted by molar-refractivity contribution is 0.0536. The zero-order chi connectivity index (χ0) is 41.0. The number of halogens is 3. The van der Waals surface area contributed by atoms with Crippen LogP contribution in [-0.4, -0.2) is 86.9 Å². The van der Waals surface area contributed by atoms with E-state index in [4.69, 9.17) is 42.5 Å². The van der Waals surface area contributed by atoms with Crippen LogP contribution in [-0.2, 0) is 9.47 Å². The number of aromatic nitrogens is 6. The molecule has 0 fully saturated rings. The Morgan fingerprint density at radius 3 is 1.80 bits per heavy atom. The Morgan fingerprint density at radius 1 is 0.727 bits per heavy atom. The van der Waals surface area contributed by atoms with Crippen molar-refractivity contribution >= 4 is 92.8 Å². The van der Waals surface area contributed by atoms with Crippen molar-refractivity contribution < 1.29 is 44.1 Å². The molecule has 6 heterocycles. The summed E-state index contributed by atoms with van der Waals surface area (Å²) in [6.07, 6.45) is -1.28. The average molecular weight is 907 g/mol. The molecule has 0 aliphatic heterocycles. The Kier molecular flexibility index (Phi) is 13.6. The zero-order valence-corrected chi connectivity index (χ0v) is 34.7. The molecule has 6 rings (SSSR count). The molecule has 0 spiro atoms. The van der Waals surface area contributed by atoms with E-state index in [9.17, 15) is 24.7 Å². The Labute approximate surface area is 340 Å². The van der Waals surface area contributed by atoms with Crippen LogP contribution in [0.25, 0.3) is 33.5 Å². The van der Waals surface area contributed by atoms with Crippen LogP contribution >= 0.6 is 45.8 Å². The van der Waals surface area contributed by atoms with Gasteiger partial charge in [-0.2, -0.15) is 0 Å². The molecule has 0 aromatic carbocycles. The zero-order valence-electron chi connectivity index (χ0n) is 31.0. The lowest BCUT2D eigenvalue weighted by Gasteiger charge is -2.21. The molecule has 0 saturated carbocycles. The number of aromatic hydroxyl groups is 2. The maximum Gasteiger partial charge on any atom is 0.506 e. The van der Waals surface area contributed by atoms with Gasteiger partial charge in [0, 0.05) is 11.8 Å². The highest BCUT2D eigenvalue weighted by Crippen LogP contribution is 2.33. The standard InChI is InChI=1S/C18H18ClN3O3.C13H17BN2O5.C5H3ClINO/c1-10-5-6-12-11(20-10)9-13(16-14(23)7-8-15(19)21-16)22(12)17(24)25-18(2,3)4;1-13(2,3)21-12(17)16-9-5-6-11(20-4)15-8(9)7-10(16)14(18)19;6-4-2-1-3(9)5(7)8-4/h5-9,23H,1-4H3;5-7,18-19H,1-4H3;1-2,9H. The maximum atomic E-state index is 12.8. The molecule has 19 heteroatoms. The fourth-order valence-electron chi connectivity index (χ4n) is 4.79. The second kappa shape index (κ2) is 17.4. The lowest BCUT2D eigenvalue weighted by Crippen LogP contribution is -2.40. The van der Waals surface area contributed by atoms with Crippen LogP contribution in [0.15, 0.2) is 60.7 Å². The molecule has 15 nitrogen and oxygen atoms in total. The summed E-state index contributed by atoms with van der Waals surface area (Å²) >= 11 is 13.4. The number of aryl methyl sites for hydroxylation is 1. The summed E-state index contributed by atoms with van der Waals surface area (Å²) in [5.74, 6) is 0.441. The molecule has 0 radical (unpaired) electrons. The van der Waals surface area contributed by atoms with Gasteiger partial charge in [0.15, 0.2) is 0 Å². The molecule has 0 amide bonds. The van der Waals surface area contributed by atoms with Gasteiger partial charge in [-0.05, 0) is 126 Å². The Balaban J connectivity index is 0.000000202. The first kappa shape index (κ1) is 43.0. The fourth-order valence-corrected chi connectivity index (χ4v) is 5.67. The highest BCUT2D eigenvalue weighted by molar-refractivity contribution is 14.1. The molecule has 0 saturated heterocycles. The highest BCUT2D eigenvalue weighted by Gasteiger charge is 2.28. The van der Waals surface area contributed by atoms with Crippen LogP contribution in [0.5, 0.6) is 17.4 Å². The minimum Gasteiger partial charge on any atom is -0.506 e. The predicted octanol–water partition coefficient (Wildman–Crippen LogP) is 7.10. The van der Waals surface area contributed by atoms with E-state index >= 15 is 0 Å². The van der Waals surface area contributed by atoms with Gasteiger partial charge in [0.1, 0.15) is 42.4 Å². The number of methoxy groups -OCH3 is 1. The van der Waals surface area contributed by atoms with Crippen molar-refractivity contribution in [2.24, 2.45) is 0 Å². The molecule has 4 N–H and O–H groups in total. The van der Waals surface area contributed by atoms with E-state index in [0.29, 0.717) is 42.5 Å². The molecule has 0 aliphatic rings. The molecule has 6 aromatic rings. The summed E-state index contributed by atoms with van der Waals surface area (Å²) in [5.41, 5.74) is 1.95. The topological polar surface area (TPSA) is 204 Å². The largest absolute Gasteiger partial charge is 0.506 e. The van der Waals surface area contributed by atoms with Crippen LogP contribution < -0.4 is 10.3 Å². The van der Waals surface area contributed by atoms with Crippen molar-refractivity contribution in [3.05, 3.63) is 80.4 Å². The second-order valence-electron chi connectivity index (χ2n) is 13.7. The van der Waals surface area contributed by atoms with Gasteiger partial charge in [-0.25, -0.2) is 29.1 Å². The van der Waals surface area contributed by atoms with E-state index in [-0.39, 0.29) is 27.9 Å². The van der Waals surface area contributed by atoms with Crippen molar-refractivity contribution in [3.8, 4) is 28.8 Å². The third-order valence-corrected chi connectivity index (χ3v) is 8.18. The van der Waals surface area contributed by atoms with Crippen molar-refractivity contribution in [3.63, 3.8) is 0 Å². The summed E-state index contributed by atoms with van der Waals surface area (Å²) in [4.78, 5) is 41.6. The summed E-state index contributed by atoms with van der Waals surface area (Å²) in [5, 5.41) is 38.6. The van der Waals surface area contributed by atoms with E-state index in [1.54, 1.807) is 77.9 Å².